The third-order valence-electron chi connectivity index (χ3n) is 5.05. The van der Waals surface area contributed by atoms with E-state index in [0.717, 1.165) is 12.0 Å². The molecule has 0 bridgehead atoms. The second-order valence-corrected chi connectivity index (χ2v) is 6.95. The van der Waals surface area contributed by atoms with Gasteiger partial charge in [0.1, 0.15) is 22.8 Å². The average Bonchev–Trinajstić information content (AvgIpc) is 3.42. The number of aromatic nitrogens is 5. The minimum atomic E-state index is -0.620. The van der Waals surface area contributed by atoms with Crippen LogP contribution in [0.5, 0.6) is 5.75 Å². The molecule has 0 spiro atoms. The minimum Gasteiger partial charge on any atom is -0.506 e. The van der Waals surface area contributed by atoms with Crippen molar-refractivity contribution in [3.05, 3.63) is 76.5 Å². The molecule has 3 aromatic heterocycles. The second kappa shape index (κ2) is 7.21. The van der Waals surface area contributed by atoms with Gasteiger partial charge in [-0.15, -0.1) is 0 Å². The van der Waals surface area contributed by atoms with E-state index in [0.29, 0.717) is 11.5 Å². The summed E-state index contributed by atoms with van der Waals surface area (Å²) in [5, 5.41) is 19.2. The number of aromatic amines is 1. The van der Waals surface area contributed by atoms with E-state index in [2.05, 4.69) is 27.1 Å². The Balaban J connectivity index is 1.59. The molecule has 0 fully saturated rings. The zero-order valence-electron chi connectivity index (χ0n) is 16.3. The predicted molar refractivity (Wildman–Crippen MR) is 111 cm³/mol. The van der Waals surface area contributed by atoms with Gasteiger partial charge in [-0.25, -0.2) is 9.07 Å². The monoisotopic (exact) mass is 417 g/mol. The average molecular weight is 417 g/mol. The Morgan fingerprint density at radius 3 is 2.58 bits per heavy atom. The topological polar surface area (TPSA) is 110 Å². The lowest BCUT2D eigenvalue weighted by Crippen LogP contribution is -2.11. The van der Waals surface area contributed by atoms with Crippen LogP contribution >= 0.6 is 0 Å². The number of rotatable bonds is 4. The van der Waals surface area contributed by atoms with Crippen LogP contribution in [0, 0.1) is 5.82 Å². The number of aryl methyl sites for hydroxylation is 1. The Morgan fingerprint density at radius 1 is 1.13 bits per heavy atom. The maximum absolute atomic E-state index is 13.2. The second-order valence-electron chi connectivity index (χ2n) is 6.95. The van der Waals surface area contributed by atoms with E-state index in [1.165, 1.54) is 40.7 Å². The minimum absolute atomic E-state index is 0.107. The Bertz CT molecular complexity index is 1450. The van der Waals surface area contributed by atoms with Crippen molar-refractivity contribution in [2.75, 3.05) is 0 Å². The van der Waals surface area contributed by atoms with Crippen molar-refractivity contribution in [2.45, 2.75) is 13.3 Å². The molecule has 0 saturated heterocycles. The normalized spacial score (nSPS) is 11.3. The van der Waals surface area contributed by atoms with E-state index in [1.807, 2.05) is 24.3 Å². The first kappa shape index (κ1) is 18.7. The molecule has 0 saturated carbocycles. The maximum Gasteiger partial charge on any atom is 0.267 e. The fourth-order valence-electron chi connectivity index (χ4n) is 3.36. The number of hydrogen-bond acceptors (Lipinski definition) is 6. The van der Waals surface area contributed by atoms with Crippen molar-refractivity contribution in [3.63, 3.8) is 0 Å². The van der Waals surface area contributed by atoms with Gasteiger partial charge in [0.05, 0.1) is 17.3 Å². The highest BCUT2D eigenvalue weighted by Crippen LogP contribution is 2.32. The van der Waals surface area contributed by atoms with Crippen molar-refractivity contribution in [3.8, 4) is 34.3 Å². The van der Waals surface area contributed by atoms with Gasteiger partial charge in [-0.2, -0.15) is 10.1 Å². The van der Waals surface area contributed by atoms with Crippen molar-refractivity contribution >= 4 is 11.0 Å². The number of nitrogens with one attached hydrogen (secondary N) is 1. The molecule has 2 N–H and O–H groups in total. The van der Waals surface area contributed by atoms with E-state index in [-0.39, 0.29) is 28.2 Å². The van der Waals surface area contributed by atoms with Crippen LogP contribution in [0.25, 0.3) is 39.6 Å². The quantitative estimate of drug-likeness (QED) is 0.460. The standard InChI is InChI=1S/C22H16FN5O3/c1-2-12-3-5-13(6-4-12)19-25-22(31-27-19)17-18(29)16-11-24-28(20(16)26-21(17)30)15-9-7-14(23)8-10-15/h3-11H,2H2,1H3,(H2,26,29,30). The molecule has 0 unspecified atom stereocenters. The molecule has 8 nitrogen and oxygen atoms in total. The molecule has 5 rings (SSSR count). The molecule has 5 aromatic rings. The maximum atomic E-state index is 13.2. The van der Waals surface area contributed by atoms with Gasteiger partial charge in [-0.1, -0.05) is 36.3 Å². The van der Waals surface area contributed by atoms with Gasteiger partial charge in [0.25, 0.3) is 11.4 Å². The van der Waals surface area contributed by atoms with Gasteiger partial charge in [-0.3, -0.25) is 4.79 Å². The van der Waals surface area contributed by atoms with Gasteiger partial charge in [0, 0.05) is 5.56 Å². The fraction of sp³-hybridized carbons (Fsp3) is 0.0909. The molecule has 9 heteroatoms. The van der Waals surface area contributed by atoms with Crippen LogP contribution in [-0.2, 0) is 6.42 Å². The van der Waals surface area contributed by atoms with E-state index >= 15 is 0 Å². The summed E-state index contributed by atoms with van der Waals surface area (Å²) < 4.78 is 19.9. The van der Waals surface area contributed by atoms with Crippen LogP contribution < -0.4 is 5.56 Å². The number of fused-ring (bicyclic) bond motifs is 1. The number of hydrogen-bond donors (Lipinski definition) is 2. The van der Waals surface area contributed by atoms with Crippen LogP contribution in [0.1, 0.15) is 12.5 Å². The van der Waals surface area contributed by atoms with Crippen LogP contribution in [0.3, 0.4) is 0 Å². The van der Waals surface area contributed by atoms with Crippen LogP contribution in [0.4, 0.5) is 4.39 Å². The first-order valence-corrected chi connectivity index (χ1v) is 9.57. The van der Waals surface area contributed by atoms with Crippen molar-refractivity contribution in [2.24, 2.45) is 0 Å². The Kier molecular flexibility index (Phi) is 4.36. The van der Waals surface area contributed by atoms with Gasteiger partial charge in [0.15, 0.2) is 0 Å². The van der Waals surface area contributed by atoms with Gasteiger partial charge in [0.2, 0.25) is 5.82 Å². The van der Waals surface area contributed by atoms with E-state index in [4.69, 9.17) is 4.52 Å². The molecule has 0 aliphatic carbocycles. The summed E-state index contributed by atoms with van der Waals surface area (Å²) in [6.07, 6.45) is 2.31. The molecular formula is C22H16FN5O3. The lowest BCUT2D eigenvalue weighted by molar-refractivity contribution is 0.426. The van der Waals surface area contributed by atoms with Gasteiger partial charge >= 0.3 is 0 Å². The number of aromatic hydroxyl groups is 1. The van der Waals surface area contributed by atoms with Gasteiger partial charge in [-0.05, 0) is 36.2 Å². The lowest BCUT2D eigenvalue weighted by atomic mass is 10.1. The lowest BCUT2D eigenvalue weighted by Gasteiger charge is -2.05. The highest BCUT2D eigenvalue weighted by Gasteiger charge is 2.22. The largest absolute Gasteiger partial charge is 0.506 e. The molecule has 154 valence electrons. The molecule has 2 aromatic carbocycles. The predicted octanol–water partition coefficient (Wildman–Crippen LogP) is 3.84. The number of benzene rings is 2. The molecule has 0 atom stereocenters. The zero-order chi connectivity index (χ0) is 21.5. The van der Waals surface area contributed by atoms with Crippen molar-refractivity contribution in [1.82, 2.24) is 24.9 Å². The molecular weight excluding hydrogens is 401 g/mol. The number of nitrogens with zero attached hydrogens (tertiary/aromatic N) is 4. The van der Waals surface area contributed by atoms with Crippen molar-refractivity contribution in [1.29, 1.82) is 0 Å². The summed E-state index contributed by atoms with van der Waals surface area (Å²) in [7, 11) is 0. The summed E-state index contributed by atoms with van der Waals surface area (Å²) in [5.41, 5.74) is 1.92. The SMILES string of the molecule is CCc1ccc(-c2noc(-c3c(O)c4cnn(-c5ccc(F)cc5)c4[nH]c3=O)n2)cc1. The van der Waals surface area contributed by atoms with Crippen LogP contribution in [0.15, 0.2) is 64.0 Å². The Morgan fingerprint density at radius 2 is 1.87 bits per heavy atom. The summed E-state index contributed by atoms with van der Waals surface area (Å²) in [6.45, 7) is 2.06. The first-order valence-electron chi connectivity index (χ1n) is 9.57. The van der Waals surface area contributed by atoms with Crippen molar-refractivity contribution < 1.29 is 14.0 Å². The Hall–Kier alpha value is -4.27. The third kappa shape index (κ3) is 3.16. The summed E-state index contributed by atoms with van der Waals surface area (Å²) in [6, 6.07) is 13.3. The molecule has 0 aliphatic heterocycles. The highest BCUT2D eigenvalue weighted by atomic mass is 19.1. The molecule has 0 aliphatic rings. The zero-order valence-corrected chi connectivity index (χ0v) is 16.3. The number of H-pyrrole nitrogens is 1. The number of pyridine rings is 1. The van der Waals surface area contributed by atoms with Gasteiger partial charge < -0.3 is 14.6 Å². The highest BCUT2D eigenvalue weighted by molar-refractivity contribution is 5.89. The first-order chi connectivity index (χ1) is 15.0. The van der Waals surface area contributed by atoms with Crippen LogP contribution in [-0.4, -0.2) is 30.0 Å². The fourth-order valence-corrected chi connectivity index (χ4v) is 3.36. The van der Waals surface area contributed by atoms with E-state index in [9.17, 15) is 14.3 Å². The van der Waals surface area contributed by atoms with E-state index in [1.54, 1.807) is 0 Å². The number of halogens is 1. The molecule has 0 amide bonds. The summed E-state index contributed by atoms with van der Waals surface area (Å²) in [4.78, 5) is 19.7. The molecule has 31 heavy (non-hydrogen) atoms. The molecule has 3 heterocycles. The third-order valence-corrected chi connectivity index (χ3v) is 5.05. The summed E-state index contributed by atoms with van der Waals surface area (Å²) in [5.74, 6) is -0.526. The molecule has 0 radical (unpaired) electrons. The van der Waals surface area contributed by atoms with Crippen LogP contribution in [0.2, 0.25) is 0 Å². The Labute approximate surface area is 174 Å². The smallest absolute Gasteiger partial charge is 0.267 e. The summed E-state index contributed by atoms with van der Waals surface area (Å²) >= 11 is 0. The van der Waals surface area contributed by atoms with E-state index < -0.39 is 11.4 Å².